The first kappa shape index (κ1) is 21.0. The molecule has 0 aromatic heterocycles. The number of terminal acetylenes is 1. The number of ether oxygens (including phenoxy) is 3. The highest BCUT2D eigenvalue weighted by atomic mass is 35.5. The summed E-state index contributed by atoms with van der Waals surface area (Å²) in [6.07, 6.45) is 6.66. The van der Waals surface area contributed by atoms with Crippen molar-refractivity contribution in [2.75, 3.05) is 20.8 Å². The maximum absolute atomic E-state index is 12.6. The first-order valence-electron chi connectivity index (χ1n) is 8.91. The maximum Gasteiger partial charge on any atom is 0.275 e. The monoisotopic (exact) mass is 422 g/mol. The highest BCUT2D eigenvalue weighted by molar-refractivity contribution is 6.32. The number of amides is 1. The summed E-state index contributed by atoms with van der Waals surface area (Å²) in [5.74, 6) is 3.18. The quantitative estimate of drug-likeness (QED) is 0.350. The number of benzene rings is 3. The van der Waals surface area contributed by atoms with E-state index in [2.05, 4.69) is 16.4 Å². The fraction of sp³-hybridized carbons (Fsp3) is 0.130. The third-order valence-electron chi connectivity index (χ3n) is 4.24. The SMILES string of the molecule is C#CCOc1c(Cl)cc(C=NNC(=O)c2cc3ccccc3cc2OC)cc1OC. The van der Waals surface area contributed by atoms with Crippen LogP contribution in [0.15, 0.2) is 53.6 Å². The molecule has 0 aliphatic heterocycles. The highest BCUT2D eigenvalue weighted by Crippen LogP contribution is 2.36. The fourth-order valence-electron chi connectivity index (χ4n) is 2.86. The van der Waals surface area contributed by atoms with Gasteiger partial charge >= 0.3 is 0 Å². The molecule has 0 saturated heterocycles. The summed E-state index contributed by atoms with van der Waals surface area (Å²) in [6.45, 7) is 0.0627. The van der Waals surface area contributed by atoms with Gasteiger partial charge in [0.05, 0.1) is 31.0 Å². The van der Waals surface area contributed by atoms with Crippen molar-refractivity contribution in [1.82, 2.24) is 5.43 Å². The largest absolute Gasteiger partial charge is 0.496 e. The van der Waals surface area contributed by atoms with Crippen LogP contribution in [-0.4, -0.2) is 32.9 Å². The van der Waals surface area contributed by atoms with Gasteiger partial charge in [-0.25, -0.2) is 5.43 Å². The number of hydrogen-bond donors (Lipinski definition) is 1. The molecule has 0 unspecified atom stereocenters. The number of methoxy groups -OCH3 is 2. The van der Waals surface area contributed by atoms with Crippen molar-refractivity contribution in [3.05, 3.63) is 64.7 Å². The van der Waals surface area contributed by atoms with E-state index in [1.807, 2.05) is 30.3 Å². The van der Waals surface area contributed by atoms with Crippen LogP contribution in [0.5, 0.6) is 17.2 Å². The van der Waals surface area contributed by atoms with Crippen molar-refractivity contribution < 1.29 is 19.0 Å². The van der Waals surface area contributed by atoms with Crippen LogP contribution < -0.4 is 19.6 Å². The van der Waals surface area contributed by atoms with Crippen LogP contribution in [0.2, 0.25) is 5.02 Å². The van der Waals surface area contributed by atoms with Crippen LogP contribution in [0.1, 0.15) is 15.9 Å². The minimum Gasteiger partial charge on any atom is -0.496 e. The molecule has 0 heterocycles. The molecule has 0 aliphatic rings. The van der Waals surface area contributed by atoms with Gasteiger partial charge in [-0.3, -0.25) is 4.79 Å². The number of hydrogen-bond acceptors (Lipinski definition) is 5. The van der Waals surface area contributed by atoms with Crippen molar-refractivity contribution >= 4 is 34.5 Å². The Bertz CT molecular complexity index is 1150. The van der Waals surface area contributed by atoms with E-state index in [1.165, 1.54) is 20.4 Å². The normalized spacial score (nSPS) is 10.6. The third kappa shape index (κ3) is 4.65. The molecule has 0 radical (unpaired) electrons. The fourth-order valence-corrected chi connectivity index (χ4v) is 3.13. The van der Waals surface area contributed by atoms with Crippen molar-refractivity contribution in [3.8, 4) is 29.6 Å². The van der Waals surface area contributed by atoms with E-state index in [9.17, 15) is 4.79 Å². The van der Waals surface area contributed by atoms with E-state index >= 15 is 0 Å². The number of halogens is 1. The molecule has 0 aliphatic carbocycles. The number of rotatable bonds is 7. The predicted molar refractivity (Wildman–Crippen MR) is 118 cm³/mol. The number of carbonyl (C=O) groups excluding carboxylic acids is 1. The molecule has 30 heavy (non-hydrogen) atoms. The first-order chi connectivity index (χ1) is 14.6. The summed E-state index contributed by atoms with van der Waals surface area (Å²) in [4.78, 5) is 12.6. The summed E-state index contributed by atoms with van der Waals surface area (Å²) < 4.78 is 16.0. The van der Waals surface area contributed by atoms with Crippen LogP contribution in [-0.2, 0) is 0 Å². The molecule has 0 atom stereocenters. The summed E-state index contributed by atoms with van der Waals surface area (Å²) in [7, 11) is 3.01. The number of nitrogens with one attached hydrogen (secondary N) is 1. The van der Waals surface area contributed by atoms with E-state index in [0.717, 1.165) is 10.8 Å². The summed E-state index contributed by atoms with van der Waals surface area (Å²) in [5, 5.41) is 6.23. The lowest BCUT2D eigenvalue weighted by molar-refractivity contribution is 0.0952. The predicted octanol–water partition coefficient (Wildman–Crippen LogP) is 4.29. The Morgan fingerprint density at radius 1 is 1.13 bits per heavy atom. The van der Waals surface area contributed by atoms with Gasteiger partial charge < -0.3 is 14.2 Å². The van der Waals surface area contributed by atoms with E-state index in [0.29, 0.717) is 33.4 Å². The van der Waals surface area contributed by atoms with Gasteiger partial charge in [0.1, 0.15) is 12.4 Å². The Labute approximate surface area is 179 Å². The van der Waals surface area contributed by atoms with Gasteiger partial charge in [0.25, 0.3) is 5.91 Å². The average Bonchev–Trinajstić information content (AvgIpc) is 2.76. The molecule has 3 rings (SSSR count). The molecule has 3 aromatic carbocycles. The molecule has 6 nitrogen and oxygen atoms in total. The van der Waals surface area contributed by atoms with Gasteiger partial charge in [0.2, 0.25) is 0 Å². The van der Waals surface area contributed by atoms with Crippen molar-refractivity contribution in [2.45, 2.75) is 0 Å². The lowest BCUT2D eigenvalue weighted by Crippen LogP contribution is -2.18. The van der Waals surface area contributed by atoms with Crippen LogP contribution in [0.25, 0.3) is 10.8 Å². The lowest BCUT2D eigenvalue weighted by atomic mass is 10.1. The van der Waals surface area contributed by atoms with Gasteiger partial charge in [0.15, 0.2) is 11.5 Å². The first-order valence-corrected chi connectivity index (χ1v) is 9.29. The maximum atomic E-state index is 12.6. The molecule has 0 bridgehead atoms. The smallest absolute Gasteiger partial charge is 0.275 e. The van der Waals surface area contributed by atoms with Crippen LogP contribution in [0, 0.1) is 12.3 Å². The van der Waals surface area contributed by atoms with E-state index in [-0.39, 0.29) is 6.61 Å². The summed E-state index contributed by atoms with van der Waals surface area (Å²) in [6, 6.07) is 14.6. The molecule has 0 fully saturated rings. The highest BCUT2D eigenvalue weighted by Gasteiger charge is 2.14. The molecular formula is C23H19ClN2O4. The van der Waals surface area contributed by atoms with E-state index in [4.69, 9.17) is 32.2 Å². The lowest BCUT2D eigenvalue weighted by Gasteiger charge is -2.11. The Morgan fingerprint density at radius 2 is 1.83 bits per heavy atom. The number of nitrogens with zero attached hydrogens (tertiary/aromatic N) is 1. The van der Waals surface area contributed by atoms with Crippen LogP contribution in [0.4, 0.5) is 0 Å². The Morgan fingerprint density at radius 3 is 2.50 bits per heavy atom. The molecule has 3 aromatic rings. The number of carbonyl (C=O) groups is 1. The van der Waals surface area contributed by atoms with Gasteiger partial charge in [0, 0.05) is 0 Å². The van der Waals surface area contributed by atoms with Crippen molar-refractivity contribution in [2.24, 2.45) is 5.10 Å². The van der Waals surface area contributed by atoms with Gasteiger partial charge in [-0.15, -0.1) is 6.42 Å². The zero-order valence-electron chi connectivity index (χ0n) is 16.4. The molecule has 1 amide bonds. The summed E-state index contributed by atoms with van der Waals surface area (Å²) in [5.41, 5.74) is 3.49. The van der Waals surface area contributed by atoms with E-state index < -0.39 is 5.91 Å². The molecule has 152 valence electrons. The second kappa shape index (κ2) is 9.68. The zero-order chi connectivity index (χ0) is 21.5. The van der Waals surface area contributed by atoms with Crippen molar-refractivity contribution in [1.29, 1.82) is 0 Å². The number of fused-ring (bicyclic) bond motifs is 1. The van der Waals surface area contributed by atoms with E-state index in [1.54, 1.807) is 18.2 Å². The minimum atomic E-state index is -0.402. The van der Waals surface area contributed by atoms with Gasteiger partial charge in [-0.05, 0) is 40.6 Å². The van der Waals surface area contributed by atoms with Crippen molar-refractivity contribution in [3.63, 3.8) is 0 Å². The molecule has 0 spiro atoms. The summed E-state index contributed by atoms with van der Waals surface area (Å²) >= 11 is 6.24. The Balaban J connectivity index is 1.80. The standard InChI is InChI=1S/C23H19ClN2O4/c1-4-9-30-22-19(24)10-15(11-21(22)29-3)14-25-26-23(27)18-12-16-7-5-6-8-17(16)13-20(18)28-2/h1,5-8,10-14H,9H2,2-3H3,(H,26,27). The Kier molecular flexibility index (Phi) is 6.79. The average molecular weight is 423 g/mol. The third-order valence-corrected chi connectivity index (χ3v) is 4.52. The topological polar surface area (TPSA) is 69.2 Å². The van der Waals surface area contributed by atoms with Gasteiger partial charge in [-0.1, -0.05) is 41.8 Å². The zero-order valence-corrected chi connectivity index (χ0v) is 17.2. The molecule has 1 N–H and O–H groups in total. The second-order valence-electron chi connectivity index (χ2n) is 6.13. The van der Waals surface area contributed by atoms with Crippen LogP contribution >= 0.6 is 11.6 Å². The van der Waals surface area contributed by atoms with Crippen LogP contribution in [0.3, 0.4) is 0 Å². The number of hydrazone groups is 1. The molecular weight excluding hydrogens is 404 g/mol. The second-order valence-corrected chi connectivity index (χ2v) is 6.53. The molecule has 0 saturated carbocycles. The molecule has 7 heteroatoms. The Hall–Kier alpha value is -3.69. The minimum absolute atomic E-state index is 0.0627. The van der Waals surface area contributed by atoms with Gasteiger partial charge in [-0.2, -0.15) is 5.10 Å².